The van der Waals surface area contributed by atoms with Crippen molar-refractivity contribution in [3.63, 3.8) is 0 Å². The van der Waals surface area contributed by atoms with Crippen LogP contribution in [0.4, 0.5) is 0 Å². The summed E-state index contributed by atoms with van der Waals surface area (Å²) >= 11 is 5.15. The fourth-order valence-electron chi connectivity index (χ4n) is 4.04. The molecule has 0 heterocycles. The van der Waals surface area contributed by atoms with E-state index in [1.807, 2.05) is 0 Å². The molecule has 0 aliphatic heterocycles. The number of hydrogen-bond acceptors (Lipinski definition) is 18. The smallest absolute Gasteiger partial charge is 0.353 e. The van der Waals surface area contributed by atoms with Gasteiger partial charge in [0.2, 0.25) is 11.8 Å². The lowest BCUT2D eigenvalue weighted by Gasteiger charge is -2.19. The first-order chi connectivity index (χ1) is 28.0. The molecule has 0 rings (SSSR count). The maximum atomic E-state index is 12.4. The number of carboxylic acid groups (broad SMARTS) is 4. The lowest BCUT2D eigenvalue weighted by atomic mass is 10.1. The molecular formula is C34H62N4O18P2S2. The van der Waals surface area contributed by atoms with Crippen molar-refractivity contribution >= 4 is 86.8 Å². The second kappa shape index (κ2) is 35.4. The maximum Gasteiger partial charge on any atom is 0.353 e. The molecule has 0 aromatic rings. The summed E-state index contributed by atoms with van der Waals surface area (Å²) in [5.74, 6) is -4.93. The number of carbonyl (C=O) groups is 8. The van der Waals surface area contributed by atoms with Crippen molar-refractivity contribution in [2.75, 3.05) is 49.8 Å². The largest absolute Gasteiger partial charge is 0.481 e. The molecule has 0 aromatic heterocycles. The molecule has 0 aromatic carbocycles. The van der Waals surface area contributed by atoms with Gasteiger partial charge in [-0.3, -0.25) is 47.5 Å². The summed E-state index contributed by atoms with van der Waals surface area (Å²) in [6.07, 6.45) is -1.50. The molecular weight excluding hydrogens is 878 g/mol. The zero-order valence-electron chi connectivity index (χ0n) is 34.3. The first-order valence-corrected chi connectivity index (χ1v) is 23.8. The monoisotopic (exact) mass is 940 g/mol. The predicted molar refractivity (Wildman–Crippen MR) is 225 cm³/mol. The molecule has 0 spiro atoms. The normalized spacial score (nSPS) is 13.1. The van der Waals surface area contributed by atoms with Gasteiger partial charge in [0, 0.05) is 48.8 Å². The van der Waals surface area contributed by atoms with Gasteiger partial charge in [-0.2, -0.15) is 24.4 Å². The molecule has 348 valence electrons. The van der Waals surface area contributed by atoms with Crippen LogP contribution < -0.4 is 22.1 Å². The topological polar surface area (TPSA) is 365 Å². The number of ketones is 2. The number of carbonyl (C=O) groups excluding carboxylic acids is 4. The zero-order valence-corrected chi connectivity index (χ0v) is 37.8. The molecule has 10 N–H and O–H groups in total. The van der Waals surface area contributed by atoms with Gasteiger partial charge < -0.3 is 60.6 Å². The SMILES string of the molecule is C=CP(=O)(OCC)OCC.CCOP(=O)(CCSCC(NC(=O)CCC(N)C(=O)O)C(=O)CCC(=O)O)OCC.NC(CCC(=O)NC(CS)C(=O)CCC(=O)O)C(=O)O. The predicted octanol–water partition coefficient (Wildman–Crippen LogP) is 2.52. The van der Waals surface area contributed by atoms with E-state index in [2.05, 4.69) is 29.8 Å². The summed E-state index contributed by atoms with van der Waals surface area (Å²) in [6.45, 7) is 11.5. The van der Waals surface area contributed by atoms with Crippen LogP contribution in [0.2, 0.25) is 0 Å². The average Bonchev–Trinajstić information content (AvgIpc) is 3.17. The van der Waals surface area contributed by atoms with Gasteiger partial charge in [0.05, 0.1) is 57.5 Å². The van der Waals surface area contributed by atoms with Crippen LogP contribution in [0, 0.1) is 0 Å². The Morgan fingerprint density at radius 2 is 1.05 bits per heavy atom. The van der Waals surface area contributed by atoms with Gasteiger partial charge in [-0.15, -0.1) is 0 Å². The number of nitrogens with two attached hydrogens (primary N) is 2. The number of carboxylic acids is 4. The first-order valence-electron chi connectivity index (χ1n) is 18.6. The molecule has 0 aliphatic rings. The van der Waals surface area contributed by atoms with E-state index in [-0.39, 0.29) is 82.2 Å². The van der Waals surface area contributed by atoms with E-state index in [1.54, 1.807) is 27.7 Å². The third kappa shape index (κ3) is 32.6. The van der Waals surface area contributed by atoms with E-state index in [0.29, 0.717) is 19.0 Å². The van der Waals surface area contributed by atoms with Crippen LogP contribution in [0.15, 0.2) is 12.4 Å². The highest BCUT2D eigenvalue weighted by molar-refractivity contribution is 7.99. The Bertz CT molecular complexity index is 1450. The summed E-state index contributed by atoms with van der Waals surface area (Å²) in [5.41, 5.74) is 10.6. The van der Waals surface area contributed by atoms with Crippen LogP contribution in [0.25, 0.3) is 0 Å². The Balaban J connectivity index is -0.000000924. The molecule has 0 bridgehead atoms. The van der Waals surface area contributed by atoms with Crippen LogP contribution in [-0.2, 0) is 65.6 Å². The number of aliphatic carboxylic acids is 4. The molecule has 2 amide bonds. The van der Waals surface area contributed by atoms with Gasteiger partial charge in [0.1, 0.15) is 12.1 Å². The van der Waals surface area contributed by atoms with Gasteiger partial charge in [0.15, 0.2) is 11.6 Å². The summed E-state index contributed by atoms with van der Waals surface area (Å²) in [4.78, 5) is 89.8. The quantitative estimate of drug-likeness (QED) is 0.0259. The maximum absolute atomic E-state index is 12.4. The molecule has 4 unspecified atom stereocenters. The fourth-order valence-corrected chi connectivity index (χ4v) is 8.55. The van der Waals surface area contributed by atoms with Gasteiger partial charge in [-0.05, 0) is 40.5 Å². The average molecular weight is 941 g/mol. The van der Waals surface area contributed by atoms with E-state index < -0.39 is 86.6 Å². The summed E-state index contributed by atoms with van der Waals surface area (Å²) < 4.78 is 43.7. The number of thiol groups is 1. The third-order valence-corrected chi connectivity index (χ3v) is 12.6. The highest BCUT2D eigenvalue weighted by Gasteiger charge is 2.26. The third-order valence-electron chi connectivity index (χ3n) is 7.09. The lowest BCUT2D eigenvalue weighted by molar-refractivity contribution is -0.140. The van der Waals surface area contributed by atoms with Crippen molar-refractivity contribution in [1.82, 2.24) is 10.6 Å². The van der Waals surface area contributed by atoms with Gasteiger partial charge in [-0.25, -0.2) is 0 Å². The fraction of sp³-hybridized carbons (Fsp3) is 0.706. The summed E-state index contributed by atoms with van der Waals surface area (Å²) in [5, 5.41) is 39.4. The van der Waals surface area contributed by atoms with Crippen LogP contribution >= 0.6 is 39.6 Å². The molecule has 0 radical (unpaired) electrons. The summed E-state index contributed by atoms with van der Waals surface area (Å²) in [7, 11) is -6.16. The Labute approximate surface area is 359 Å². The lowest BCUT2D eigenvalue weighted by Crippen LogP contribution is -2.43. The second-order valence-electron chi connectivity index (χ2n) is 11.9. The number of thioether (sulfide) groups is 1. The van der Waals surface area contributed by atoms with Gasteiger partial charge in [0.25, 0.3) is 0 Å². The molecule has 22 nitrogen and oxygen atoms in total. The number of nitrogens with one attached hydrogen (secondary N) is 2. The van der Waals surface area contributed by atoms with Crippen molar-refractivity contribution in [2.24, 2.45) is 11.5 Å². The highest BCUT2D eigenvalue weighted by atomic mass is 32.2. The Morgan fingerprint density at radius 3 is 1.38 bits per heavy atom. The number of amides is 2. The Morgan fingerprint density at radius 1 is 0.667 bits per heavy atom. The van der Waals surface area contributed by atoms with Crippen molar-refractivity contribution in [3.05, 3.63) is 12.4 Å². The number of rotatable bonds is 33. The Hall–Kier alpha value is -3.18. The van der Waals surface area contributed by atoms with E-state index in [1.165, 1.54) is 17.6 Å². The molecule has 0 aliphatic carbocycles. The van der Waals surface area contributed by atoms with Gasteiger partial charge in [-0.1, -0.05) is 6.58 Å². The van der Waals surface area contributed by atoms with Crippen molar-refractivity contribution in [2.45, 2.75) is 103 Å². The molecule has 26 heteroatoms. The van der Waals surface area contributed by atoms with Crippen molar-refractivity contribution in [1.29, 1.82) is 0 Å². The molecule has 60 heavy (non-hydrogen) atoms. The number of hydrogen-bond donors (Lipinski definition) is 9. The van der Waals surface area contributed by atoms with E-state index in [9.17, 15) is 47.5 Å². The zero-order chi connectivity index (χ0) is 46.9. The summed E-state index contributed by atoms with van der Waals surface area (Å²) in [6, 6.07) is -4.18. The minimum absolute atomic E-state index is 0.0369. The van der Waals surface area contributed by atoms with Crippen molar-refractivity contribution in [3.8, 4) is 0 Å². The minimum Gasteiger partial charge on any atom is -0.481 e. The Kier molecular flexibility index (Phi) is 36.1. The van der Waals surface area contributed by atoms with Crippen LogP contribution in [-0.4, -0.2) is 142 Å². The van der Waals surface area contributed by atoms with Crippen LogP contribution in [0.3, 0.4) is 0 Å². The highest BCUT2D eigenvalue weighted by Crippen LogP contribution is 2.49. The molecule has 0 fully saturated rings. The molecule has 0 saturated heterocycles. The van der Waals surface area contributed by atoms with Crippen LogP contribution in [0.5, 0.6) is 0 Å². The van der Waals surface area contributed by atoms with E-state index >= 15 is 0 Å². The standard InChI is InChI=1S/C17H31N2O9PS.C11H18N2O6S.C6H13O3P/c1-3-27-29(26,28-4-2)9-10-30-11-13(14(20)6-8-16(22)23)19-15(21)7-5-12(18)17(24)25;12-6(11(18)19)1-3-9(15)13-7(5-20)8(14)2-4-10(16)17;1-4-8-10(7,6-3)9-5-2/h12-13H,3-11,18H2,1-2H3,(H,19,21)(H,22,23)(H,24,25);6-7,20H,1-5,12H2,(H,13,15)(H,16,17)(H,18,19);6H,3-5H2,1-2H3. The second-order valence-corrected chi connectivity index (χ2v) is 17.6. The minimum atomic E-state index is -3.23. The van der Waals surface area contributed by atoms with E-state index in [0.717, 1.165) is 0 Å². The molecule has 4 atom stereocenters. The van der Waals surface area contributed by atoms with E-state index in [4.69, 9.17) is 50.0 Å². The first kappa shape index (κ1) is 61.1. The molecule has 0 saturated carbocycles. The van der Waals surface area contributed by atoms with Crippen LogP contribution in [0.1, 0.15) is 79.1 Å². The van der Waals surface area contributed by atoms with Gasteiger partial charge >= 0.3 is 39.1 Å². The van der Waals surface area contributed by atoms with Crippen molar-refractivity contribution < 1.29 is 86.0 Å². The number of Topliss-reactive ketones (excluding diaryl/α,β-unsaturated/α-hetero) is 2.